The van der Waals surface area contributed by atoms with Gasteiger partial charge in [-0.15, -0.1) is 0 Å². The fraction of sp³-hybridized carbons (Fsp3) is 1.00. The molecule has 1 aliphatic carbocycles. The van der Waals surface area contributed by atoms with Gasteiger partial charge in [-0.05, 0) is 25.3 Å². The van der Waals surface area contributed by atoms with Gasteiger partial charge in [0.15, 0.2) is 0 Å². The summed E-state index contributed by atoms with van der Waals surface area (Å²) in [4.78, 5) is 2.37. The van der Waals surface area contributed by atoms with E-state index in [-0.39, 0.29) is 18.1 Å². The lowest BCUT2D eigenvalue weighted by Gasteiger charge is -2.52. The Morgan fingerprint density at radius 1 is 1.50 bits per heavy atom. The summed E-state index contributed by atoms with van der Waals surface area (Å²) >= 11 is 0. The lowest BCUT2D eigenvalue weighted by molar-refractivity contribution is -0.133. The molecule has 2 fully saturated rings. The molecule has 14 heavy (non-hydrogen) atoms. The summed E-state index contributed by atoms with van der Waals surface area (Å²) < 4.78 is 0. The SMILES string of the molecule is CCN1CC2CCCC(CO)(C1)C2O. The van der Waals surface area contributed by atoms with Crippen molar-refractivity contribution in [1.82, 2.24) is 4.90 Å². The average molecular weight is 199 g/mol. The molecule has 0 aromatic rings. The zero-order valence-electron chi connectivity index (χ0n) is 8.95. The summed E-state index contributed by atoms with van der Waals surface area (Å²) in [6.07, 6.45) is 3.00. The number of piperidine rings is 1. The Morgan fingerprint density at radius 2 is 2.29 bits per heavy atom. The minimum Gasteiger partial charge on any atom is -0.396 e. The Kier molecular flexibility index (Phi) is 2.82. The van der Waals surface area contributed by atoms with E-state index in [9.17, 15) is 10.2 Å². The molecule has 2 bridgehead atoms. The van der Waals surface area contributed by atoms with Gasteiger partial charge in [-0.3, -0.25) is 0 Å². The van der Waals surface area contributed by atoms with Crippen LogP contribution in [-0.4, -0.2) is 47.5 Å². The normalized spacial score (nSPS) is 43.9. The number of aliphatic hydroxyl groups is 2. The highest BCUT2D eigenvalue weighted by atomic mass is 16.3. The standard InChI is InChI=1S/C11H21NO2/c1-2-12-6-9-4-3-5-11(7-12,8-13)10(9)14/h9-10,13-14H,2-8H2,1H3. The molecule has 1 saturated heterocycles. The Morgan fingerprint density at radius 3 is 2.93 bits per heavy atom. The fourth-order valence-electron chi connectivity index (χ4n) is 3.19. The van der Waals surface area contributed by atoms with Gasteiger partial charge in [-0.1, -0.05) is 13.3 Å². The van der Waals surface area contributed by atoms with Crippen molar-refractivity contribution in [3.05, 3.63) is 0 Å². The Labute approximate surface area is 85.7 Å². The van der Waals surface area contributed by atoms with Crippen LogP contribution in [0.15, 0.2) is 0 Å². The van der Waals surface area contributed by atoms with Crippen molar-refractivity contribution in [2.45, 2.75) is 32.3 Å². The van der Waals surface area contributed by atoms with Crippen LogP contribution in [0.25, 0.3) is 0 Å². The van der Waals surface area contributed by atoms with E-state index in [4.69, 9.17) is 0 Å². The molecule has 2 aliphatic rings. The third-order valence-electron chi connectivity index (χ3n) is 4.12. The molecule has 2 rings (SSSR count). The van der Waals surface area contributed by atoms with E-state index in [1.165, 1.54) is 6.42 Å². The number of fused-ring (bicyclic) bond motifs is 2. The van der Waals surface area contributed by atoms with Crippen molar-refractivity contribution in [1.29, 1.82) is 0 Å². The van der Waals surface area contributed by atoms with E-state index < -0.39 is 0 Å². The molecule has 3 unspecified atom stereocenters. The maximum atomic E-state index is 10.2. The van der Waals surface area contributed by atoms with Gasteiger partial charge in [0, 0.05) is 18.5 Å². The van der Waals surface area contributed by atoms with Gasteiger partial charge in [-0.25, -0.2) is 0 Å². The van der Waals surface area contributed by atoms with Gasteiger partial charge in [0.2, 0.25) is 0 Å². The third-order valence-corrected chi connectivity index (χ3v) is 4.12. The number of hydrogen-bond donors (Lipinski definition) is 2. The molecule has 2 N–H and O–H groups in total. The molecule has 1 heterocycles. The Bertz CT molecular complexity index is 209. The van der Waals surface area contributed by atoms with Gasteiger partial charge in [0.1, 0.15) is 0 Å². The Hall–Kier alpha value is -0.120. The van der Waals surface area contributed by atoms with Crippen LogP contribution in [0.3, 0.4) is 0 Å². The van der Waals surface area contributed by atoms with Gasteiger partial charge >= 0.3 is 0 Å². The zero-order chi connectivity index (χ0) is 10.2. The van der Waals surface area contributed by atoms with E-state index >= 15 is 0 Å². The van der Waals surface area contributed by atoms with E-state index in [2.05, 4.69) is 11.8 Å². The number of nitrogens with zero attached hydrogens (tertiary/aromatic N) is 1. The molecule has 3 heteroatoms. The molecule has 0 radical (unpaired) electrons. The van der Waals surface area contributed by atoms with Crippen molar-refractivity contribution in [3.63, 3.8) is 0 Å². The first kappa shape index (κ1) is 10.4. The first-order chi connectivity index (χ1) is 6.72. The summed E-state index contributed by atoms with van der Waals surface area (Å²) in [5.74, 6) is 0.393. The van der Waals surface area contributed by atoms with E-state index in [0.717, 1.165) is 32.5 Å². The molecule has 1 saturated carbocycles. The summed E-state index contributed by atoms with van der Waals surface area (Å²) in [6.45, 7) is 5.21. The summed E-state index contributed by atoms with van der Waals surface area (Å²) in [7, 11) is 0. The summed E-state index contributed by atoms with van der Waals surface area (Å²) in [6, 6.07) is 0. The second-order valence-electron chi connectivity index (χ2n) is 4.95. The first-order valence-corrected chi connectivity index (χ1v) is 5.73. The first-order valence-electron chi connectivity index (χ1n) is 5.73. The minimum absolute atomic E-state index is 0.140. The topological polar surface area (TPSA) is 43.7 Å². The number of rotatable bonds is 2. The van der Waals surface area contributed by atoms with Crippen LogP contribution in [0, 0.1) is 11.3 Å². The quantitative estimate of drug-likeness (QED) is 0.679. The van der Waals surface area contributed by atoms with Crippen LogP contribution in [0.5, 0.6) is 0 Å². The molecule has 82 valence electrons. The summed E-state index contributed by atoms with van der Waals surface area (Å²) in [5.41, 5.74) is -0.211. The Balaban J connectivity index is 2.17. The lowest BCUT2D eigenvalue weighted by Crippen LogP contribution is -2.60. The van der Waals surface area contributed by atoms with Crippen LogP contribution in [0.2, 0.25) is 0 Å². The van der Waals surface area contributed by atoms with Gasteiger partial charge in [0.25, 0.3) is 0 Å². The van der Waals surface area contributed by atoms with E-state index in [1.54, 1.807) is 0 Å². The lowest BCUT2D eigenvalue weighted by atomic mass is 9.64. The zero-order valence-corrected chi connectivity index (χ0v) is 8.95. The smallest absolute Gasteiger partial charge is 0.0671 e. The number of likely N-dealkylation sites (tertiary alicyclic amines) is 1. The van der Waals surface area contributed by atoms with Crippen LogP contribution < -0.4 is 0 Å². The molecule has 0 aromatic carbocycles. The molecular weight excluding hydrogens is 178 g/mol. The van der Waals surface area contributed by atoms with Gasteiger partial charge in [0.05, 0.1) is 12.7 Å². The van der Waals surface area contributed by atoms with E-state index in [1.807, 2.05) is 0 Å². The average Bonchev–Trinajstić information content (AvgIpc) is 2.18. The van der Waals surface area contributed by atoms with Gasteiger partial charge in [-0.2, -0.15) is 0 Å². The van der Waals surface area contributed by atoms with Crippen molar-refractivity contribution in [3.8, 4) is 0 Å². The predicted molar refractivity (Wildman–Crippen MR) is 55.0 cm³/mol. The molecular formula is C11H21NO2. The van der Waals surface area contributed by atoms with Crippen molar-refractivity contribution >= 4 is 0 Å². The monoisotopic (exact) mass is 199 g/mol. The van der Waals surface area contributed by atoms with Crippen LogP contribution >= 0.6 is 0 Å². The third kappa shape index (κ3) is 1.47. The molecule has 0 amide bonds. The second-order valence-corrected chi connectivity index (χ2v) is 4.95. The highest BCUT2D eigenvalue weighted by Gasteiger charge is 2.48. The maximum absolute atomic E-state index is 10.2. The number of hydrogen-bond acceptors (Lipinski definition) is 3. The fourth-order valence-corrected chi connectivity index (χ4v) is 3.19. The molecule has 0 aromatic heterocycles. The molecule has 3 nitrogen and oxygen atoms in total. The molecule has 3 atom stereocenters. The molecule has 1 aliphatic heterocycles. The van der Waals surface area contributed by atoms with Crippen LogP contribution in [-0.2, 0) is 0 Å². The van der Waals surface area contributed by atoms with Crippen LogP contribution in [0.4, 0.5) is 0 Å². The minimum atomic E-state index is -0.274. The highest BCUT2D eigenvalue weighted by molar-refractivity contribution is 5.00. The van der Waals surface area contributed by atoms with E-state index in [0.29, 0.717) is 5.92 Å². The summed E-state index contributed by atoms with van der Waals surface area (Å²) in [5, 5.41) is 19.7. The van der Waals surface area contributed by atoms with Crippen molar-refractivity contribution < 1.29 is 10.2 Å². The van der Waals surface area contributed by atoms with Crippen LogP contribution in [0.1, 0.15) is 26.2 Å². The predicted octanol–water partition coefficient (Wildman–Crippen LogP) is 0.462. The highest BCUT2D eigenvalue weighted by Crippen LogP contribution is 2.43. The second kappa shape index (κ2) is 3.80. The number of aliphatic hydroxyl groups excluding tert-OH is 2. The molecule has 0 spiro atoms. The largest absolute Gasteiger partial charge is 0.396 e. The maximum Gasteiger partial charge on any atom is 0.0671 e. The van der Waals surface area contributed by atoms with Gasteiger partial charge < -0.3 is 15.1 Å². The van der Waals surface area contributed by atoms with Crippen molar-refractivity contribution in [2.24, 2.45) is 11.3 Å². The van der Waals surface area contributed by atoms with Crippen molar-refractivity contribution in [2.75, 3.05) is 26.2 Å².